The summed E-state index contributed by atoms with van der Waals surface area (Å²) in [6.07, 6.45) is 4.17. The first-order chi connectivity index (χ1) is 10.3. The molecule has 0 aliphatic carbocycles. The summed E-state index contributed by atoms with van der Waals surface area (Å²) in [7, 11) is 0. The fourth-order valence-electron chi connectivity index (χ4n) is 1.92. The molecule has 0 atom stereocenters. The molecular weight excluding hydrogens is 284 g/mol. The summed E-state index contributed by atoms with van der Waals surface area (Å²) in [5, 5.41) is 5.76. The molecule has 0 fully saturated rings. The highest BCUT2D eigenvalue weighted by Crippen LogP contribution is 2.30. The molecule has 0 N–H and O–H groups in total. The Balaban J connectivity index is 2.11. The van der Waals surface area contributed by atoms with Crippen LogP contribution in [-0.4, -0.2) is 26.0 Å². The van der Waals surface area contributed by atoms with E-state index in [1.807, 2.05) is 37.3 Å². The second-order valence-corrected chi connectivity index (χ2v) is 5.26. The largest absolute Gasteiger partial charge is 0.298 e. The van der Waals surface area contributed by atoms with Crippen molar-refractivity contribution in [1.82, 2.24) is 19.7 Å². The van der Waals surface area contributed by atoms with Gasteiger partial charge in [0.25, 0.3) is 0 Å². The molecule has 0 saturated heterocycles. The number of para-hydroxylation sites is 1. The van der Waals surface area contributed by atoms with Gasteiger partial charge in [0.15, 0.2) is 11.4 Å². The van der Waals surface area contributed by atoms with Gasteiger partial charge in [0, 0.05) is 12.4 Å². The second-order valence-electron chi connectivity index (χ2n) is 4.30. The standard InChI is InChI=1S/C15H12N4OS/c1-11-13(10-20)14(21-15-16-8-5-9-17-15)19(18-11)12-6-3-2-4-7-12/h2-10H,1H3. The van der Waals surface area contributed by atoms with Crippen LogP contribution in [0.4, 0.5) is 0 Å². The maximum absolute atomic E-state index is 11.4. The number of nitrogens with zero attached hydrogens (tertiary/aromatic N) is 4. The number of aryl methyl sites for hydroxylation is 1. The fourth-order valence-corrected chi connectivity index (χ4v) is 2.86. The van der Waals surface area contributed by atoms with Gasteiger partial charge in [-0.2, -0.15) is 5.10 Å². The van der Waals surface area contributed by atoms with E-state index in [0.29, 0.717) is 16.4 Å². The van der Waals surface area contributed by atoms with Crippen molar-refractivity contribution >= 4 is 18.0 Å². The van der Waals surface area contributed by atoms with Crippen LogP contribution in [0.5, 0.6) is 0 Å². The maximum atomic E-state index is 11.4. The van der Waals surface area contributed by atoms with E-state index in [-0.39, 0.29) is 0 Å². The maximum Gasteiger partial charge on any atom is 0.193 e. The fraction of sp³-hybridized carbons (Fsp3) is 0.0667. The van der Waals surface area contributed by atoms with Crippen molar-refractivity contribution in [3.05, 3.63) is 60.0 Å². The highest BCUT2D eigenvalue weighted by Gasteiger charge is 2.18. The zero-order valence-electron chi connectivity index (χ0n) is 11.3. The van der Waals surface area contributed by atoms with Gasteiger partial charge in [-0.3, -0.25) is 4.79 Å². The second kappa shape index (κ2) is 5.88. The average Bonchev–Trinajstić information content (AvgIpc) is 2.85. The van der Waals surface area contributed by atoms with Crippen molar-refractivity contribution in [3.8, 4) is 5.69 Å². The van der Waals surface area contributed by atoms with Crippen LogP contribution in [0.3, 0.4) is 0 Å². The lowest BCUT2D eigenvalue weighted by Crippen LogP contribution is -1.99. The summed E-state index contributed by atoms with van der Waals surface area (Å²) in [5.41, 5.74) is 2.15. The third kappa shape index (κ3) is 2.71. The van der Waals surface area contributed by atoms with Crippen LogP contribution in [-0.2, 0) is 0 Å². The molecule has 0 bridgehead atoms. The Morgan fingerprint density at radius 3 is 2.48 bits per heavy atom. The van der Waals surface area contributed by atoms with Crippen molar-refractivity contribution in [2.75, 3.05) is 0 Å². The topological polar surface area (TPSA) is 60.7 Å². The molecule has 0 unspecified atom stereocenters. The van der Waals surface area contributed by atoms with Crippen molar-refractivity contribution < 1.29 is 4.79 Å². The lowest BCUT2D eigenvalue weighted by atomic mass is 10.3. The van der Waals surface area contributed by atoms with Crippen LogP contribution in [0.2, 0.25) is 0 Å². The van der Waals surface area contributed by atoms with Crippen LogP contribution in [0, 0.1) is 6.92 Å². The Morgan fingerprint density at radius 1 is 1.10 bits per heavy atom. The Bertz CT molecular complexity index is 756. The SMILES string of the molecule is Cc1nn(-c2ccccc2)c(Sc2ncccn2)c1C=O. The third-order valence-electron chi connectivity index (χ3n) is 2.91. The van der Waals surface area contributed by atoms with Crippen LogP contribution >= 0.6 is 11.8 Å². The van der Waals surface area contributed by atoms with Gasteiger partial charge < -0.3 is 0 Å². The van der Waals surface area contributed by atoms with Gasteiger partial charge in [0.2, 0.25) is 0 Å². The highest BCUT2D eigenvalue weighted by atomic mass is 32.2. The first-order valence-electron chi connectivity index (χ1n) is 6.34. The molecule has 2 aromatic heterocycles. The van der Waals surface area contributed by atoms with E-state index in [0.717, 1.165) is 17.0 Å². The minimum atomic E-state index is 0.566. The molecule has 2 heterocycles. The molecule has 0 spiro atoms. The van der Waals surface area contributed by atoms with Crippen molar-refractivity contribution in [1.29, 1.82) is 0 Å². The van der Waals surface area contributed by atoms with E-state index in [1.54, 1.807) is 23.1 Å². The first kappa shape index (κ1) is 13.5. The number of hydrogen-bond acceptors (Lipinski definition) is 5. The van der Waals surface area contributed by atoms with Crippen molar-refractivity contribution in [2.45, 2.75) is 17.1 Å². The van der Waals surface area contributed by atoms with E-state index in [2.05, 4.69) is 15.1 Å². The van der Waals surface area contributed by atoms with Gasteiger partial charge in [0.05, 0.1) is 16.9 Å². The molecule has 6 heteroatoms. The number of carbonyl (C=O) groups excluding carboxylic acids is 1. The Labute approximate surface area is 126 Å². The lowest BCUT2D eigenvalue weighted by Gasteiger charge is -2.06. The van der Waals surface area contributed by atoms with Gasteiger partial charge in [-0.05, 0) is 36.9 Å². The van der Waals surface area contributed by atoms with E-state index in [4.69, 9.17) is 0 Å². The quantitative estimate of drug-likeness (QED) is 0.547. The monoisotopic (exact) mass is 296 g/mol. The van der Waals surface area contributed by atoms with E-state index < -0.39 is 0 Å². The number of carbonyl (C=O) groups is 1. The minimum absolute atomic E-state index is 0.566. The molecule has 0 radical (unpaired) electrons. The third-order valence-corrected chi connectivity index (χ3v) is 3.89. The zero-order chi connectivity index (χ0) is 14.7. The van der Waals surface area contributed by atoms with E-state index in [9.17, 15) is 4.79 Å². The summed E-state index contributed by atoms with van der Waals surface area (Å²) in [4.78, 5) is 19.8. The molecule has 5 nitrogen and oxygen atoms in total. The van der Waals surface area contributed by atoms with E-state index >= 15 is 0 Å². The predicted octanol–water partition coefficient (Wildman–Crippen LogP) is 2.93. The Kier molecular flexibility index (Phi) is 3.79. The summed E-state index contributed by atoms with van der Waals surface area (Å²) in [5.74, 6) is 0. The number of hydrogen-bond donors (Lipinski definition) is 0. The smallest absolute Gasteiger partial charge is 0.193 e. The Hall–Kier alpha value is -2.47. The molecule has 0 aliphatic heterocycles. The van der Waals surface area contributed by atoms with Gasteiger partial charge in [-0.25, -0.2) is 14.6 Å². The highest BCUT2D eigenvalue weighted by molar-refractivity contribution is 7.99. The average molecular weight is 296 g/mol. The molecule has 104 valence electrons. The number of benzene rings is 1. The normalized spacial score (nSPS) is 10.5. The summed E-state index contributed by atoms with van der Waals surface area (Å²) >= 11 is 1.33. The molecule has 0 saturated carbocycles. The summed E-state index contributed by atoms with van der Waals surface area (Å²) in [6.45, 7) is 1.82. The van der Waals surface area contributed by atoms with Gasteiger partial charge >= 0.3 is 0 Å². The zero-order valence-corrected chi connectivity index (χ0v) is 12.1. The molecule has 3 rings (SSSR count). The molecule has 3 aromatic rings. The van der Waals surface area contributed by atoms with E-state index in [1.165, 1.54) is 11.8 Å². The minimum Gasteiger partial charge on any atom is -0.298 e. The van der Waals surface area contributed by atoms with Crippen molar-refractivity contribution in [3.63, 3.8) is 0 Å². The molecular formula is C15H12N4OS. The van der Waals surface area contributed by atoms with Crippen LogP contribution in [0.15, 0.2) is 59.0 Å². The number of aldehydes is 1. The summed E-state index contributed by atoms with van der Waals surface area (Å²) in [6, 6.07) is 11.4. The lowest BCUT2D eigenvalue weighted by molar-refractivity contribution is 0.112. The first-order valence-corrected chi connectivity index (χ1v) is 7.16. The van der Waals surface area contributed by atoms with Gasteiger partial charge in [-0.1, -0.05) is 18.2 Å². The number of aromatic nitrogens is 4. The number of rotatable bonds is 4. The Morgan fingerprint density at radius 2 is 1.81 bits per heavy atom. The summed E-state index contributed by atoms with van der Waals surface area (Å²) < 4.78 is 1.75. The molecule has 0 aliphatic rings. The predicted molar refractivity (Wildman–Crippen MR) is 79.8 cm³/mol. The molecule has 21 heavy (non-hydrogen) atoms. The molecule has 1 aromatic carbocycles. The van der Waals surface area contributed by atoms with Crippen LogP contribution < -0.4 is 0 Å². The van der Waals surface area contributed by atoms with Gasteiger partial charge in [0.1, 0.15) is 5.03 Å². The van der Waals surface area contributed by atoms with Crippen LogP contribution in [0.1, 0.15) is 16.1 Å². The molecule has 0 amide bonds. The van der Waals surface area contributed by atoms with Gasteiger partial charge in [-0.15, -0.1) is 0 Å². The van der Waals surface area contributed by atoms with Crippen LogP contribution in [0.25, 0.3) is 5.69 Å². The van der Waals surface area contributed by atoms with Crippen molar-refractivity contribution in [2.24, 2.45) is 0 Å².